The van der Waals surface area contributed by atoms with Crippen LogP contribution in [0.25, 0.3) is 0 Å². The summed E-state index contributed by atoms with van der Waals surface area (Å²) in [6.45, 7) is 5.99. The standard InChI is InChI=1S/C12H24N4/c1-3-16-11-12(9-14-16)10-15(2)8-6-4-5-7-13/h9,11H,3-8,10,13H2,1-2H3. The van der Waals surface area contributed by atoms with Crippen molar-refractivity contribution in [2.24, 2.45) is 5.73 Å². The maximum absolute atomic E-state index is 5.46. The van der Waals surface area contributed by atoms with Crippen molar-refractivity contribution in [2.45, 2.75) is 39.3 Å². The van der Waals surface area contributed by atoms with Crippen LogP contribution < -0.4 is 5.73 Å². The van der Waals surface area contributed by atoms with Crippen molar-refractivity contribution in [1.82, 2.24) is 14.7 Å². The first-order valence-electron chi connectivity index (χ1n) is 6.16. The Morgan fingerprint density at radius 3 is 2.81 bits per heavy atom. The van der Waals surface area contributed by atoms with E-state index in [-0.39, 0.29) is 0 Å². The van der Waals surface area contributed by atoms with Crippen molar-refractivity contribution >= 4 is 0 Å². The third-order valence-corrected chi connectivity index (χ3v) is 2.71. The quantitative estimate of drug-likeness (QED) is 0.680. The molecule has 0 aliphatic heterocycles. The van der Waals surface area contributed by atoms with Gasteiger partial charge in [0.25, 0.3) is 0 Å². The number of hydrogen-bond acceptors (Lipinski definition) is 3. The Morgan fingerprint density at radius 2 is 2.19 bits per heavy atom. The molecule has 0 aliphatic carbocycles. The van der Waals surface area contributed by atoms with Crippen molar-refractivity contribution in [3.05, 3.63) is 18.0 Å². The summed E-state index contributed by atoms with van der Waals surface area (Å²) in [6, 6.07) is 0. The van der Waals surface area contributed by atoms with Crippen molar-refractivity contribution in [1.29, 1.82) is 0 Å². The lowest BCUT2D eigenvalue weighted by atomic mass is 10.2. The van der Waals surface area contributed by atoms with Crippen molar-refractivity contribution in [2.75, 3.05) is 20.1 Å². The molecule has 0 aliphatic rings. The highest BCUT2D eigenvalue weighted by molar-refractivity contribution is 5.03. The molecule has 0 aromatic carbocycles. The summed E-state index contributed by atoms with van der Waals surface area (Å²) in [5, 5.41) is 4.27. The van der Waals surface area contributed by atoms with Gasteiger partial charge in [0.05, 0.1) is 6.20 Å². The van der Waals surface area contributed by atoms with E-state index < -0.39 is 0 Å². The van der Waals surface area contributed by atoms with Crippen LogP contribution in [0.2, 0.25) is 0 Å². The third kappa shape index (κ3) is 4.77. The molecule has 1 aromatic heterocycles. The van der Waals surface area contributed by atoms with Gasteiger partial charge in [-0.1, -0.05) is 6.42 Å². The van der Waals surface area contributed by atoms with E-state index in [4.69, 9.17) is 5.73 Å². The van der Waals surface area contributed by atoms with Gasteiger partial charge in [-0.15, -0.1) is 0 Å². The number of hydrogen-bond donors (Lipinski definition) is 1. The van der Waals surface area contributed by atoms with E-state index in [0.29, 0.717) is 0 Å². The molecule has 0 amide bonds. The van der Waals surface area contributed by atoms with Crippen LogP contribution in [0.3, 0.4) is 0 Å². The molecular formula is C12H24N4. The highest BCUT2D eigenvalue weighted by Crippen LogP contribution is 2.04. The highest BCUT2D eigenvalue weighted by atomic mass is 15.3. The SMILES string of the molecule is CCn1cc(CN(C)CCCCCN)cn1. The topological polar surface area (TPSA) is 47.1 Å². The first kappa shape index (κ1) is 13.2. The number of nitrogens with zero attached hydrogens (tertiary/aromatic N) is 3. The Morgan fingerprint density at radius 1 is 1.38 bits per heavy atom. The molecule has 92 valence electrons. The number of aryl methyl sites for hydroxylation is 1. The summed E-state index contributed by atoms with van der Waals surface area (Å²) in [4.78, 5) is 2.34. The first-order valence-corrected chi connectivity index (χ1v) is 6.16. The molecule has 0 spiro atoms. The molecule has 1 heterocycles. The molecule has 2 N–H and O–H groups in total. The van der Waals surface area contributed by atoms with Crippen LogP contribution in [0.15, 0.2) is 12.4 Å². The molecular weight excluding hydrogens is 200 g/mol. The van der Waals surface area contributed by atoms with Gasteiger partial charge in [0.2, 0.25) is 0 Å². The third-order valence-electron chi connectivity index (χ3n) is 2.71. The first-order chi connectivity index (χ1) is 7.76. The van der Waals surface area contributed by atoms with Crippen LogP contribution in [0.1, 0.15) is 31.7 Å². The zero-order valence-corrected chi connectivity index (χ0v) is 10.5. The minimum atomic E-state index is 0.812. The zero-order valence-electron chi connectivity index (χ0n) is 10.5. The van der Waals surface area contributed by atoms with E-state index in [1.54, 1.807) is 0 Å². The normalized spacial score (nSPS) is 11.2. The largest absolute Gasteiger partial charge is 0.330 e. The van der Waals surface area contributed by atoms with Gasteiger partial charge in [-0.05, 0) is 39.9 Å². The van der Waals surface area contributed by atoms with Crippen molar-refractivity contribution in [3.63, 3.8) is 0 Å². The van der Waals surface area contributed by atoms with E-state index in [1.807, 2.05) is 10.9 Å². The van der Waals surface area contributed by atoms with Gasteiger partial charge in [-0.25, -0.2) is 0 Å². The van der Waals surface area contributed by atoms with Gasteiger partial charge >= 0.3 is 0 Å². The second kappa shape index (κ2) is 7.41. The maximum atomic E-state index is 5.46. The number of nitrogens with two attached hydrogens (primary N) is 1. The molecule has 0 saturated heterocycles. The summed E-state index contributed by atoms with van der Waals surface area (Å²) in [7, 11) is 2.16. The van der Waals surface area contributed by atoms with Gasteiger partial charge in [-0.2, -0.15) is 5.10 Å². The van der Waals surface area contributed by atoms with E-state index in [0.717, 1.165) is 32.6 Å². The van der Waals surface area contributed by atoms with Crippen LogP contribution in [-0.2, 0) is 13.1 Å². The molecule has 0 saturated carbocycles. The molecule has 1 rings (SSSR count). The van der Waals surface area contributed by atoms with Gasteiger partial charge in [-0.3, -0.25) is 4.68 Å². The van der Waals surface area contributed by atoms with Gasteiger partial charge in [0.15, 0.2) is 0 Å². The van der Waals surface area contributed by atoms with Crippen LogP contribution >= 0.6 is 0 Å². The zero-order chi connectivity index (χ0) is 11.8. The second-order valence-corrected chi connectivity index (χ2v) is 4.29. The van der Waals surface area contributed by atoms with E-state index in [9.17, 15) is 0 Å². The maximum Gasteiger partial charge on any atom is 0.0534 e. The van der Waals surface area contributed by atoms with Crippen molar-refractivity contribution in [3.8, 4) is 0 Å². The van der Waals surface area contributed by atoms with Crippen LogP contribution in [0, 0.1) is 0 Å². The van der Waals surface area contributed by atoms with E-state index in [1.165, 1.54) is 18.4 Å². The second-order valence-electron chi connectivity index (χ2n) is 4.29. The van der Waals surface area contributed by atoms with Gasteiger partial charge < -0.3 is 10.6 Å². The summed E-state index contributed by atoms with van der Waals surface area (Å²) in [6.07, 6.45) is 7.68. The van der Waals surface area contributed by atoms with Gasteiger partial charge in [0.1, 0.15) is 0 Å². The average molecular weight is 224 g/mol. The van der Waals surface area contributed by atoms with Crippen molar-refractivity contribution < 1.29 is 0 Å². The fourth-order valence-corrected chi connectivity index (χ4v) is 1.75. The Bertz CT molecular complexity index is 282. The lowest BCUT2D eigenvalue weighted by Crippen LogP contribution is -2.19. The summed E-state index contributed by atoms with van der Waals surface area (Å²) in [5.74, 6) is 0. The molecule has 0 fully saturated rings. The number of rotatable bonds is 8. The Balaban J connectivity index is 2.20. The summed E-state index contributed by atoms with van der Waals surface area (Å²) >= 11 is 0. The monoisotopic (exact) mass is 224 g/mol. The summed E-state index contributed by atoms with van der Waals surface area (Å²) < 4.78 is 1.97. The Labute approximate surface area is 98.4 Å². The molecule has 0 bridgehead atoms. The Hall–Kier alpha value is -0.870. The molecule has 4 heteroatoms. The van der Waals surface area contributed by atoms with Crippen LogP contribution in [0.5, 0.6) is 0 Å². The molecule has 0 atom stereocenters. The molecule has 16 heavy (non-hydrogen) atoms. The minimum Gasteiger partial charge on any atom is -0.330 e. The molecule has 1 aromatic rings. The fourth-order valence-electron chi connectivity index (χ4n) is 1.75. The van der Waals surface area contributed by atoms with E-state index >= 15 is 0 Å². The predicted molar refractivity (Wildman–Crippen MR) is 67.1 cm³/mol. The smallest absolute Gasteiger partial charge is 0.0534 e. The van der Waals surface area contributed by atoms with Gasteiger partial charge in [0, 0.05) is 24.8 Å². The predicted octanol–water partition coefficient (Wildman–Crippen LogP) is 1.46. The van der Waals surface area contributed by atoms with Crippen LogP contribution in [0.4, 0.5) is 0 Å². The molecule has 4 nitrogen and oxygen atoms in total. The summed E-state index contributed by atoms with van der Waals surface area (Å²) in [5.41, 5.74) is 6.76. The molecule has 0 radical (unpaired) electrons. The Kier molecular flexibility index (Phi) is 6.11. The fraction of sp³-hybridized carbons (Fsp3) is 0.750. The molecule has 0 unspecified atom stereocenters. The number of unbranched alkanes of at least 4 members (excludes halogenated alkanes) is 2. The van der Waals surface area contributed by atoms with E-state index in [2.05, 4.69) is 30.2 Å². The highest BCUT2D eigenvalue weighted by Gasteiger charge is 2.02. The minimum absolute atomic E-state index is 0.812. The number of aromatic nitrogens is 2. The lowest BCUT2D eigenvalue weighted by Gasteiger charge is -2.15. The lowest BCUT2D eigenvalue weighted by molar-refractivity contribution is 0.317. The van der Waals surface area contributed by atoms with Crippen LogP contribution in [-0.4, -0.2) is 34.8 Å². The average Bonchev–Trinajstić information content (AvgIpc) is 2.72.